The number of aromatic nitrogens is 2. The molecule has 0 bridgehead atoms. The van der Waals surface area contributed by atoms with E-state index in [1.807, 2.05) is 20.8 Å². The molecule has 0 saturated heterocycles. The van der Waals surface area contributed by atoms with E-state index >= 15 is 0 Å². The van der Waals surface area contributed by atoms with Crippen LogP contribution in [-0.4, -0.2) is 48.5 Å². The minimum Gasteiger partial charge on any atom is -0.396 e. The fraction of sp³-hybridized carbons (Fsp3) is 0.750. The van der Waals surface area contributed by atoms with Crippen LogP contribution >= 0.6 is 11.6 Å². The average Bonchev–Trinajstić information content (AvgIpc) is 2.57. The van der Waals surface area contributed by atoms with Crippen molar-refractivity contribution < 1.29 is 9.84 Å². The van der Waals surface area contributed by atoms with Gasteiger partial charge in [-0.1, -0.05) is 38.8 Å². The summed E-state index contributed by atoms with van der Waals surface area (Å²) in [5.41, 5.74) is 0.825. The number of rotatable bonds is 10. The first-order valence-electron chi connectivity index (χ1n) is 8.24. The van der Waals surface area contributed by atoms with E-state index in [4.69, 9.17) is 16.3 Å². The molecule has 0 aliphatic carbocycles. The fourth-order valence-corrected chi connectivity index (χ4v) is 1.99. The van der Waals surface area contributed by atoms with Crippen LogP contribution in [0.2, 0.25) is 5.15 Å². The van der Waals surface area contributed by atoms with Gasteiger partial charge in [0.15, 0.2) is 0 Å². The lowest BCUT2D eigenvalue weighted by molar-refractivity contribution is 0.210. The first kappa shape index (κ1) is 21.9. The van der Waals surface area contributed by atoms with Gasteiger partial charge in [0.1, 0.15) is 11.0 Å². The molecule has 1 aromatic heterocycles. The minimum atomic E-state index is 0.214. The molecule has 23 heavy (non-hydrogen) atoms. The largest absolute Gasteiger partial charge is 0.396 e. The lowest BCUT2D eigenvalue weighted by Crippen LogP contribution is -2.15. The number of hydrogen-bond donors (Lipinski definition) is 3. The third-order valence-corrected chi connectivity index (χ3v) is 3.72. The van der Waals surface area contributed by atoms with Crippen molar-refractivity contribution in [2.45, 2.75) is 40.5 Å². The molecule has 0 saturated carbocycles. The Bertz CT molecular complexity index is 429. The number of ether oxygens (including phenoxy) is 1. The molecule has 1 atom stereocenters. The SMILES string of the molecule is CC.CCC(CO)CCNc1nc(NCCOC)nc(Cl)c1C. The van der Waals surface area contributed by atoms with Gasteiger partial charge in [-0.2, -0.15) is 4.98 Å². The molecule has 0 spiro atoms. The second kappa shape index (κ2) is 13.3. The molecule has 7 heteroatoms. The van der Waals surface area contributed by atoms with Crippen LogP contribution in [0.4, 0.5) is 11.8 Å². The normalized spacial score (nSPS) is 11.4. The van der Waals surface area contributed by atoms with Crippen molar-refractivity contribution in [3.8, 4) is 0 Å². The number of methoxy groups -OCH3 is 1. The summed E-state index contributed by atoms with van der Waals surface area (Å²) in [5.74, 6) is 1.52. The zero-order valence-electron chi connectivity index (χ0n) is 14.9. The van der Waals surface area contributed by atoms with E-state index in [1.54, 1.807) is 7.11 Å². The first-order valence-corrected chi connectivity index (χ1v) is 8.61. The van der Waals surface area contributed by atoms with E-state index in [1.165, 1.54) is 0 Å². The monoisotopic (exact) mass is 346 g/mol. The zero-order chi connectivity index (χ0) is 17.7. The maximum atomic E-state index is 9.19. The van der Waals surface area contributed by atoms with Crippen LogP contribution in [-0.2, 0) is 4.74 Å². The summed E-state index contributed by atoms with van der Waals surface area (Å²) in [7, 11) is 1.64. The van der Waals surface area contributed by atoms with Crippen molar-refractivity contribution >= 4 is 23.4 Å². The molecule has 0 aliphatic heterocycles. The number of hydrogen-bond acceptors (Lipinski definition) is 6. The van der Waals surface area contributed by atoms with Gasteiger partial charge in [0.25, 0.3) is 0 Å². The van der Waals surface area contributed by atoms with Gasteiger partial charge < -0.3 is 20.5 Å². The van der Waals surface area contributed by atoms with Gasteiger partial charge in [-0.05, 0) is 19.3 Å². The molecule has 0 aliphatic rings. The summed E-state index contributed by atoms with van der Waals surface area (Å²) in [6.07, 6.45) is 1.85. The van der Waals surface area contributed by atoms with Crippen molar-refractivity contribution in [3.05, 3.63) is 10.7 Å². The Morgan fingerprint density at radius 3 is 2.48 bits per heavy atom. The van der Waals surface area contributed by atoms with Crippen molar-refractivity contribution in [1.82, 2.24) is 9.97 Å². The molecule has 1 heterocycles. The highest BCUT2D eigenvalue weighted by molar-refractivity contribution is 6.30. The van der Waals surface area contributed by atoms with Gasteiger partial charge in [0.2, 0.25) is 5.95 Å². The number of nitrogens with zero attached hydrogens (tertiary/aromatic N) is 2. The second-order valence-corrected chi connectivity index (χ2v) is 5.26. The van der Waals surface area contributed by atoms with E-state index in [0.29, 0.717) is 30.2 Å². The third kappa shape index (κ3) is 8.34. The van der Waals surface area contributed by atoms with Gasteiger partial charge in [0.05, 0.1) is 6.61 Å². The minimum absolute atomic E-state index is 0.214. The van der Waals surface area contributed by atoms with Gasteiger partial charge in [-0.25, -0.2) is 4.98 Å². The number of anilines is 2. The molecule has 0 fully saturated rings. The summed E-state index contributed by atoms with van der Waals surface area (Å²) < 4.78 is 4.97. The summed E-state index contributed by atoms with van der Waals surface area (Å²) in [6, 6.07) is 0. The van der Waals surface area contributed by atoms with Crippen molar-refractivity contribution in [1.29, 1.82) is 0 Å². The Kier molecular flexibility index (Phi) is 12.7. The van der Waals surface area contributed by atoms with Gasteiger partial charge in [-0.15, -0.1) is 0 Å². The van der Waals surface area contributed by atoms with Gasteiger partial charge >= 0.3 is 0 Å². The first-order chi connectivity index (χ1) is 11.1. The van der Waals surface area contributed by atoms with E-state index in [0.717, 1.165) is 30.8 Å². The number of aliphatic hydroxyl groups is 1. The Morgan fingerprint density at radius 1 is 1.22 bits per heavy atom. The molecule has 1 rings (SSSR count). The van der Waals surface area contributed by atoms with E-state index in [2.05, 4.69) is 27.5 Å². The van der Waals surface area contributed by atoms with E-state index in [9.17, 15) is 5.11 Å². The van der Waals surface area contributed by atoms with E-state index < -0.39 is 0 Å². The van der Waals surface area contributed by atoms with Gasteiger partial charge in [-0.3, -0.25) is 0 Å². The third-order valence-electron chi connectivity index (χ3n) is 3.36. The van der Waals surface area contributed by atoms with Crippen LogP contribution < -0.4 is 10.6 Å². The average molecular weight is 347 g/mol. The van der Waals surface area contributed by atoms with Crippen molar-refractivity contribution in [3.63, 3.8) is 0 Å². The van der Waals surface area contributed by atoms with Crippen LogP contribution in [0.5, 0.6) is 0 Å². The molecule has 1 unspecified atom stereocenters. The molecule has 0 radical (unpaired) electrons. The highest BCUT2D eigenvalue weighted by Crippen LogP contribution is 2.22. The maximum absolute atomic E-state index is 9.19. The number of nitrogens with one attached hydrogen (secondary N) is 2. The summed E-state index contributed by atoms with van der Waals surface area (Å²) in [5, 5.41) is 16.0. The predicted octanol–water partition coefficient (Wildman–Crippen LogP) is 3.34. The Balaban J connectivity index is 0.00000232. The highest BCUT2D eigenvalue weighted by Gasteiger charge is 2.10. The second-order valence-electron chi connectivity index (χ2n) is 4.90. The standard InChI is InChI=1S/C14H25ClN4O2.C2H6/c1-4-11(9-20)5-6-16-13-10(2)12(15)18-14(19-13)17-7-8-21-3;1-2/h11,20H,4-9H2,1-3H3,(H2,16,17,18,19);1-2H3. The quantitative estimate of drug-likeness (QED) is 0.445. The topological polar surface area (TPSA) is 79.3 Å². The van der Waals surface area contributed by atoms with Crippen molar-refractivity contribution in [2.24, 2.45) is 5.92 Å². The highest BCUT2D eigenvalue weighted by atomic mass is 35.5. The smallest absolute Gasteiger partial charge is 0.226 e. The zero-order valence-corrected chi connectivity index (χ0v) is 15.7. The molecule has 0 aromatic carbocycles. The summed E-state index contributed by atoms with van der Waals surface area (Å²) >= 11 is 6.13. The molecular weight excluding hydrogens is 316 g/mol. The Hall–Kier alpha value is -1.11. The molecule has 1 aromatic rings. The lowest BCUT2D eigenvalue weighted by atomic mass is 10.0. The molecule has 6 nitrogen and oxygen atoms in total. The molecular formula is C16H31ClN4O2. The maximum Gasteiger partial charge on any atom is 0.226 e. The van der Waals surface area contributed by atoms with Crippen LogP contribution in [0.25, 0.3) is 0 Å². The molecule has 3 N–H and O–H groups in total. The number of halogens is 1. The lowest BCUT2D eigenvalue weighted by Gasteiger charge is -2.15. The van der Waals surface area contributed by atoms with Crippen LogP contribution in [0.15, 0.2) is 0 Å². The van der Waals surface area contributed by atoms with Crippen LogP contribution in [0.1, 0.15) is 39.2 Å². The number of aliphatic hydroxyl groups excluding tert-OH is 1. The Labute approximate surface area is 145 Å². The fourth-order valence-electron chi connectivity index (χ4n) is 1.82. The Morgan fingerprint density at radius 2 is 1.91 bits per heavy atom. The van der Waals surface area contributed by atoms with Crippen LogP contribution in [0.3, 0.4) is 0 Å². The summed E-state index contributed by atoms with van der Waals surface area (Å²) in [6.45, 7) is 10.1. The molecule has 134 valence electrons. The predicted molar refractivity (Wildman–Crippen MR) is 97.5 cm³/mol. The van der Waals surface area contributed by atoms with Crippen molar-refractivity contribution in [2.75, 3.05) is 44.0 Å². The molecule has 0 amide bonds. The van der Waals surface area contributed by atoms with Gasteiger partial charge in [0, 0.05) is 32.4 Å². The van der Waals surface area contributed by atoms with Crippen LogP contribution in [0, 0.1) is 12.8 Å². The summed E-state index contributed by atoms with van der Waals surface area (Å²) in [4.78, 5) is 8.61. The van der Waals surface area contributed by atoms with E-state index in [-0.39, 0.29) is 6.61 Å².